The zero-order valence-corrected chi connectivity index (χ0v) is 15.4. The van der Waals surface area contributed by atoms with Crippen LogP contribution in [0.25, 0.3) is 0 Å². The minimum Gasteiger partial charge on any atom is -0.469 e. The zero-order chi connectivity index (χ0) is 20.9. The number of anilines is 1. The summed E-state index contributed by atoms with van der Waals surface area (Å²) in [6.45, 7) is 2.56. The maximum Gasteiger partial charge on any atom is 0.278 e. The second kappa shape index (κ2) is 8.68. The molecule has 0 radical (unpaired) electrons. The molecule has 0 spiro atoms. The van der Waals surface area contributed by atoms with Gasteiger partial charge in [-0.05, 0) is 30.7 Å². The first-order chi connectivity index (χ1) is 13.0. The van der Waals surface area contributed by atoms with Crippen LogP contribution in [0.5, 0.6) is 5.88 Å². The van der Waals surface area contributed by atoms with E-state index in [9.17, 15) is 22.8 Å². The highest BCUT2D eigenvalue weighted by atomic mass is 19.3. The number of hydrogen-bond donors (Lipinski definition) is 2. The fourth-order valence-corrected chi connectivity index (χ4v) is 2.16. The van der Waals surface area contributed by atoms with E-state index in [0.29, 0.717) is 12.5 Å². The van der Waals surface area contributed by atoms with Crippen molar-refractivity contribution in [2.24, 2.45) is 0 Å². The smallest absolute Gasteiger partial charge is 0.278 e. The molecule has 1 unspecified atom stereocenters. The summed E-state index contributed by atoms with van der Waals surface area (Å²) < 4.78 is 44.3. The highest BCUT2D eigenvalue weighted by Gasteiger charge is 2.23. The minimum absolute atomic E-state index is 0.217. The molecule has 0 saturated heterocycles. The predicted molar refractivity (Wildman–Crippen MR) is 94.7 cm³/mol. The first-order valence-electron chi connectivity index (χ1n) is 8.26. The third kappa shape index (κ3) is 6.22. The number of ether oxygens (including phenoxy) is 1. The van der Waals surface area contributed by atoms with Crippen LogP contribution in [0, 0.1) is 5.82 Å². The molecule has 0 aromatic carbocycles. The topological polar surface area (TPSA) is 93.2 Å². The number of carbonyl (C=O) groups is 2. The fourth-order valence-electron chi connectivity index (χ4n) is 2.16. The predicted octanol–water partition coefficient (Wildman–Crippen LogP) is 3.10. The molecule has 28 heavy (non-hydrogen) atoms. The molecule has 2 rings (SSSR count). The lowest BCUT2D eigenvalue weighted by Gasteiger charge is -2.16. The molecule has 0 saturated carbocycles. The van der Waals surface area contributed by atoms with Gasteiger partial charge in [0.05, 0.1) is 6.04 Å². The number of nitrogens with zero attached hydrogens (tertiary/aromatic N) is 2. The second-order valence-electron chi connectivity index (χ2n) is 6.22. The summed E-state index contributed by atoms with van der Waals surface area (Å²) in [7, 11) is 0. The maximum atomic E-state index is 14.0. The summed E-state index contributed by atoms with van der Waals surface area (Å²) in [5, 5.41) is 5.11. The van der Waals surface area contributed by atoms with Crippen LogP contribution in [0.4, 0.5) is 19.0 Å². The number of alkyl halides is 2. The molecule has 0 fully saturated rings. The van der Waals surface area contributed by atoms with E-state index in [1.165, 1.54) is 31.5 Å². The van der Waals surface area contributed by atoms with E-state index in [-0.39, 0.29) is 17.3 Å². The van der Waals surface area contributed by atoms with Gasteiger partial charge < -0.3 is 15.4 Å². The fraction of sp³-hybridized carbons (Fsp3) is 0.333. The van der Waals surface area contributed by atoms with Gasteiger partial charge in [-0.3, -0.25) is 9.59 Å². The van der Waals surface area contributed by atoms with E-state index < -0.39 is 36.2 Å². The van der Waals surface area contributed by atoms with Gasteiger partial charge in [-0.25, -0.2) is 23.1 Å². The first-order valence-corrected chi connectivity index (χ1v) is 8.26. The van der Waals surface area contributed by atoms with Crippen molar-refractivity contribution in [3.63, 3.8) is 0 Å². The number of aromatic nitrogens is 2. The Morgan fingerprint density at radius 2 is 2.00 bits per heavy atom. The molecule has 2 heterocycles. The monoisotopic (exact) mass is 396 g/mol. The zero-order valence-electron chi connectivity index (χ0n) is 15.4. The van der Waals surface area contributed by atoms with Crippen LogP contribution in [0.2, 0.25) is 0 Å². The van der Waals surface area contributed by atoms with Crippen molar-refractivity contribution >= 4 is 17.6 Å². The third-order valence-corrected chi connectivity index (χ3v) is 3.46. The molecular formula is C18H19F3N4O3. The highest BCUT2D eigenvalue weighted by Crippen LogP contribution is 2.21. The standard InChI is InChI=1S/C18H19F3N4O3/c1-10(13-6-14(19)17(23-8-13)28-9-18(3,20)21)24-16(27)12-4-5-22-15(7-12)25-11(2)26/h4-8,10H,9H2,1-3H3,(H,24,27)(H,22,25,26). The van der Waals surface area contributed by atoms with E-state index in [0.717, 1.165) is 6.07 Å². The number of rotatable bonds is 7. The van der Waals surface area contributed by atoms with Crippen molar-refractivity contribution in [1.82, 2.24) is 15.3 Å². The number of pyridine rings is 2. The van der Waals surface area contributed by atoms with Crippen molar-refractivity contribution in [3.8, 4) is 5.88 Å². The minimum atomic E-state index is -3.12. The molecule has 7 nitrogen and oxygen atoms in total. The van der Waals surface area contributed by atoms with Crippen molar-refractivity contribution in [3.05, 3.63) is 47.5 Å². The summed E-state index contributed by atoms with van der Waals surface area (Å²) in [6.07, 6.45) is 2.59. The summed E-state index contributed by atoms with van der Waals surface area (Å²) in [5.41, 5.74) is 0.557. The van der Waals surface area contributed by atoms with Crippen LogP contribution in [0.3, 0.4) is 0 Å². The first kappa shape index (κ1) is 21.1. The van der Waals surface area contributed by atoms with Crippen molar-refractivity contribution in [2.45, 2.75) is 32.7 Å². The molecule has 2 amide bonds. The lowest BCUT2D eigenvalue weighted by atomic mass is 10.1. The third-order valence-electron chi connectivity index (χ3n) is 3.46. The average molecular weight is 396 g/mol. The van der Waals surface area contributed by atoms with Crippen LogP contribution < -0.4 is 15.4 Å². The average Bonchev–Trinajstić information content (AvgIpc) is 2.59. The Morgan fingerprint density at radius 3 is 2.61 bits per heavy atom. The Bertz CT molecular complexity index is 871. The molecule has 1 atom stereocenters. The van der Waals surface area contributed by atoms with E-state index in [2.05, 4.69) is 25.3 Å². The van der Waals surface area contributed by atoms with E-state index in [4.69, 9.17) is 0 Å². The summed E-state index contributed by atoms with van der Waals surface area (Å²) in [5.74, 6) is -5.17. The highest BCUT2D eigenvalue weighted by molar-refractivity contribution is 5.96. The molecular weight excluding hydrogens is 377 g/mol. The lowest BCUT2D eigenvalue weighted by molar-refractivity contribution is -0.114. The lowest BCUT2D eigenvalue weighted by Crippen LogP contribution is -2.27. The molecule has 2 aromatic rings. The van der Waals surface area contributed by atoms with E-state index in [1.807, 2.05) is 0 Å². The summed E-state index contributed by atoms with van der Waals surface area (Å²) in [6, 6.07) is 3.27. The number of carbonyl (C=O) groups excluding carboxylic acids is 2. The molecule has 10 heteroatoms. The maximum absolute atomic E-state index is 14.0. The second-order valence-corrected chi connectivity index (χ2v) is 6.22. The number of amides is 2. The summed E-state index contributed by atoms with van der Waals surface area (Å²) in [4.78, 5) is 31.0. The van der Waals surface area contributed by atoms with Crippen molar-refractivity contribution in [1.29, 1.82) is 0 Å². The molecule has 2 aromatic heterocycles. The molecule has 150 valence electrons. The van der Waals surface area contributed by atoms with Crippen LogP contribution >= 0.6 is 0 Å². The normalized spacial score (nSPS) is 12.2. The van der Waals surface area contributed by atoms with Crippen LogP contribution in [-0.4, -0.2) is 34.3 Å². The van der Waals surface area contributed by atoms with Gasteiger partial charge in [0.1, 0.15) is 5.82 Å². The number of nitrogens with one attached hydrogen (secondary N) is 2. The van der Waals surface area contributed by atoms with Crippen LogP contribution in [0.1, 0.15) is 42.7 Å². The Kier molecular flexibility index (Phi) is 6.55. The SMILES string of the molecule is CC(=O)Nc1cc(C(=O)NC(C)c2cnc(OCC(C)(F)F)c(F)c2)ccn1. The van der Waals surface area contributed by atoms with Gasteiger partial charge in [0.15, 0.2) is 12.4 Å². The van der Waals surface area contributed by atoms with E-state index >= 15 is 0 Å². The van der Waals surface area contributed by atoms with Crippen LogP contribution in [-0.2, 0) is 4.79 Å². The Labute approximate surface area is 159 Å². The summed E-state index contributed by atoms with van der Waals surface area (Å²) >= 11 is 0. The molecule has 0 aliphatic heterocycles. The number of hydrogen-bond acceptors (Lipinski definition) is 5. The van der Waals surface area contributed by atoms with Gasteiger partial charge in [0, 0.05) is 31.8 Å². The molecule has 2 N–H and O–H groups in total. The Balaban J connectivity index is 2.06. The quantitative estimate of drug-likeness (QED) is 0.750. The van der Waals surface area contributed by atoms with Gasteiger partial charge in [0.2, 0.25) is 5.91 Å². The van der Waals surface area contributed by atoms with Gasteiger partial charge >= 0.3 is 0 Å². The molecule has 0 aliphatic carbocycles. The Hall–Kier alpha value is -3.17. The van der Waals surface area contributed by atoms with Gasteiger partial charge in [0.25, 0.3) is 17.7 Å². The van der Waals surface area contributed by atoms with Gasteiger partial charge in [-0.15, -0.1) is 0 Å². The Morgan fingerprint density at radius 1 is 1.29 bits per heavy atom. The van der Waals surface area contributed by atoms with Gasteiger partial charge in [-0.2, -0.15) is 0 Å². The van der Waals surface area contributed by atoms with Crippen molar-refractivity contribution in [2.75, 3.05) is 11.9 Å². The molecule has 0 aliphatic rings. The van der Waals surface area contributed by atoms with Gasteiger partial charge in [-0.1, -0.05) is 0 Å². The molecule has 0 bridgehead atoms. The largest absolute Gasteiger partial charge is 0.469 e. The number of halogens is 3. The van der Waals surface area contributed by atoms with Crippen LogP contribution in [0.15, 0.2) is 30.6 Å². The van der Waals surface area contributed by atoms with Crippen molar-refractivity contribution < 1.29 is 27.5 Å². The van der Waals surface area contributed by atoms with E-state index in [1.54, 1.807) is 6.92 Å².